The standard InChI is InChI=1S/CH2O3.Ba.K.2H/c2-1(3)4;;;;/h(H2,2,3,4);;;;/q;+2;+1;2*-1/p-1. The van der Waals surface area contributed by atoms with Gasteiger partial charge in [0, 0.05) is 0 Å². The summed E-state index contributed by atoms with van der Waals surface area (Å²) in [5.74, 6) is 0. The molecule has 28 valence electrons. The van der Waals surface area contributed by atoms with Gasteiger partial charge < -0.3 is 17.9 Å². The molecule has 5 heteroatoms. The van der Waals surface area contributed by atoms with E-state index in [1.807, 2.05) is 0 Å². The molecule has 0 saturated heterocycles. The minimum Gasteiger partial charge on any atom is -1.00 e. The van der Waals surface area contributed by atoms with Crippen LogP contribution in [0, 0.1) is 0 Å². The molecule has 0 spiro atoms. The topological polar surface area (TPSA) is 60.4 Å². The van der Waals surface area contributed by atoms with Gasteiger partial charge in [-0.25, -0.2) is 0 Å². The van der Waals surface area contributed by atoms with Gasteiger partial charge in [-0.15, -0.1) is 0 Å². The summed E-state index contributed by atoms with van der Waals surface area (Å²) in [6.07, 6.45) is -2.08. The van der Waals surface area contributed by atoms with Crippen LogP contribution < -0.4 is 56.5 Å². The molecule has 0 amide bonds. The van der Waals surface area contributed by atoms with Crippen molar-refractivity contribution in [2.75, 3.05) is 0 Å². The second-order valence-electron chi connectivity index (χ2n) is 0.266. The second-order valence-corrected chi connectivity index (χ2v) is 0.266. The Bertz CT molecular complexity index is 40.3. The van der Waals surface area contributed by atoms with E-state index in [-0.39, 0.29) is 103 Å². The quantitative estimate of drug-likeness (QED) is 0.436. The van der Waals surface area contributed by atoms with Gasteiger partial charge in [0.15, 0.2) is 0 Å². The van der Waals surface area contributed by atoms with Crippen LogP contribution in [-0.4, -0.2) is 60.1 Å². The maximum Gasteiger partial charge on any atom is 2.00 e. The molecular formula is CH3BaKO3. The van der Waals surface area contributed by atoms with Crippen LogP contribution >= 0.6 is 0 Å². The van der Waals surface area contributed by atoms with Gasteiger partial charge >= 0.3 is 100 Å². The van der Waals surface area contributed by atoms with Crippen LogP contribution in [0.1, 0.15) is 2.85 Å². The van der Waals surface area contributed by atoms with E-state index in [0.29, 0.717) is 0 Å². The maximum atomic E-state index is 8.44. The van der Waals surface area contributed by atoms with E-state index in [9.17, 15) is 0 Å². The predicted molar refractivity (Wildman–Crippen MR) is 16.0 cm³/mol. The Kier molecular flexibility index (Phi) is 27.5. The molecular weight excluding hydrogens is 236 g/mol. The fraction of sp³-hybridized carbons (Fsp3) is 0. The van der Waals surface area contributed by atoms with Gasteiger partial charge in [0.2, 0.25) is 6.16 Å². The van der Waals surface area contributed by atoms with Gasteiger partial charge in [0.25, 0.3) is 0 Å². The third-order valence-corrected chi connectivity index (χ3v) is 0. The van der Waals surface area contributed by atoms with Gasteiger partial charge in [-0.3, -0.25) is 0 Å². The summed E-state index contributed by atoms with van der Waals surface area (Å²) < 4.78 is 0. The summed E-state index contributed by atoms with van der Waals surface area (Å²) >= 11 is 0. The number of carbonyl (C=O) groups is 1. The first-order valence-corrected chi connectivity index (χ1v) is 0.632. The smallest absolute Gasteiger partial charge is 1.00 e. The molecule has 0 saturated carbocycles. The van der Waals surface area contributed by atoms with E-state index < -0.39 is 6.16 Å². The van der Waals surface area contributed by atoms with Crippen molar-refractivity contribution >= 4 is 55.0 Å². The molecule has 0 atom stereocenters. The summed E-state index contributed by atoms with van der Waals surface area (Å²) in [5.41, 5.74) is 0. The Hall–Kier alpha value is 2.48. The van der Waals surface area contributed by atoms with Crippen molar-refractivity contribution in [1.29, 1.82) is 0 Å². The Balaban J connectivity index is -0.00000000750. The molecule has 0 aliphatic heterocycles. The van der Waals surface area contributed by atoms with Crippen LogP contribution in [-0.2, 0) is 0 Å². The maximum absolute atomic E-state index is 8.44. The molecule has 1 N–H and O–H groups in total. The molecule has 0 heterocycles. The summed E-state index contributed by atoms with van der Waals surface area (Å²) in [4.78, 5) is 8.44. The average Bonchev–Trinajstić information content (AvgIpc) is 0.811. The molecule has 0 aromatic heterocycles. The van der Waals surface area contributed by atoms with Crippen molar-refractivity contribution in [2.24, 2.45) is 0 Å². The van der Waals surface area contributed by atoms with Gasteiger partial charge in [-0.1, -0.05) is 0 Å². The monoisotopic (exact) mass is 240 g/mol. The SMILES string of the molecule is O=C([O-])O.[Ba+2].[H-].[H-].[K+]. The fourth-order valence-corrected chi connectivity index (χ4v) is 0. The fourth-order valence-electron chi connectivity index (χ4n) is 0. The minimum atomic E-state index is -2.08. The first-order chi connectivity index (χ1) is 1.73. The van der Waals surface area contributed by atoms with Gasteiger partial charge in [-0.05, 0) is 0 Å². The van der Waals surface area contributed by atoms with E-state index in [4.69, 9.17) is 15.0 Å². The van der Waals surface area contributed by atoms with E-state index in [0.717, 1.165) is 0 Å². The molecule has 0 aliphatic carbocycles. The molecule has 0 aromatic carbocycles. The molecule has 0 unspecified atom stereocenters. The van der Waals surface area contributed by atoms with Gasteiger partial charge in [-0.2, -0.15) is 0 Å². The molecule has 0 radical (unpaired) electrons. The van der Waals surface area contributed by atoms with Crippen molar-refractivity contribution in [1.82, 2.24) is 0 Å². The van der Waals surface area contributed by atoms with Crippen LogP contribution in [0.15, 0.2) is 0 Å². The van der Waals surface area contributed by atoms with E-state index in [2.05, 4.69) is 0 Å². The molecule has 0 aromatic rings. The summed E-state index contributed by atoms with van der Waals surface area (Å²) in [6.45, 7) is 0. The molecule has 0 aliphatic rings. The largest absolute Gasteiger partial charge is 2.00 e. The normalized spacial score (nSPS) is 4.00. The van der Waals surface area contributed by atoms with Crippen LogP contribution in [0.3, 0.4) is 0 Å². The van der Waals surface area contributed by atoms with Crippen LogP contribution in [0.25, 0.3) is 0 Å². The Morgan fingerprint density at radius 2 is 1.83 bits per heavy atom. The van der Waals surface area contributed by atoms with Crippen molar-refractivity contribution < 1.29 is 69.2 Å². The Morgan fingerprint density at radius 1 is 1.83 bits per heavy atom. The number of hydrogen-bond acceptors (Lipinski definition) is 2. The molecule has 0 fully saturated rings. The third-order valence-electron chi connectivity index (χ3n) is 0. The number of hydrogen-bond donors (Lipinski definition) is 1. The van der Waals surface area contributed by atoms with Crippen LogP contribution in [0.5, 0.6) is 0 Å². The zero-order chi connectivity index (χ0) is 3.58. The average molecular weight is 239 g/mol. The van der Waals surface area contributed by atoms with E-state index >= 15 is 0 Å². The summed E-state index contributed by atoms with van der Waals surface area (Å²) in [7, 11) is 0. The molecule has 3 nitrogen and oxygen atoms in total. The number of carboxylic acid groups (broad SMARTS) is 2. The summed E-state index contributed by atoms with van der Waals surface area (Å²) in [5, 5.41) is 15.3. The van der Waals surface area contributed by atoms with Gasteiger partial charge in [0.1, 0.15) is 0 Å². The minimum absolute atomic E-state index is 0. The first kappa shape index (κ1) is 15.8. The molecule has 0 bridgehead atoms. The second kappa shape index (κ2) is 10.5. The van der Waals surface area contributed by atoms with E-state index in [1.165, 1.54) is 0 Å². The molecule has 0 rings (SSSR count). The van der Waals surface area contributed by atoms with Crippen molar-refractivity contribution in [3.05, 3.63) is 0 Å². The van der Waals surface area contributed by atoms with Crippen molar-refractivity contribution in [3.63, 3.8) is 0 Å². The van der Waals surface area contributed by atoms with Crippen LogP contribution in [0.4, 0.5) is 4.79 Å². The van der Waals surface area contributed by atoms with Crippen molar-refractivity contribution in [2.45, 2.75) is 0 Å². The zero-order valence-corrected chi connectivity index (χ0v) is 11.0. The Labute approximate surface area is 121 Å². The van der Waals surface area contributed by atoms with Crippen molar-refractivity contribution in [3.8, 4) is 0 Å². The first-order valence-electron chi connectivity index (χ1n) is 0.632. The Morgan fingerprint density at radius 3 is 1.83 bits per heavy atom. The summed E-state index contributed by atoms with van der Waals surface area (Å²) in [6, 6.07) is 0. The number of rotatable bonds is 0. The molecule has 6 heavy (non-hydrogen) atoms. The van der Waals surface area contributed by atoms with E-state index in [1.54, 1.807) is 0 Å². The third kappa shape index (κ3) is 31.7. The zero-order valence-electron chi connectivity index (χ0n) is 5.47. The van der Waals surface area contributed by atoms with Crippen LogP contribution in [0.2, 0.25) is 0 Å². The predicted octanol–water partition coefficient (Wildman–Crippen LogP) is -4.26. The van der Waals surface area contributed by atoms with Gasteiger partial charge in [0.05, 0.1) is 0 Å².